The van der Waals surface area contributed by atoms with Crippen molar-refractivity contribution in [2.45, 2.75) is 26.2 Å². The van der Waals surface area contributed by atoms with Gasteiger partial charge in [0.2, 0.25) is 0 Å². The molecule has 1 aromatic carbocycles. The SMILES string of the molecule is CCOC(=O)C(Cc1ccccc1)c1nnc(C)n1C. The Morgan fingerprint density at radius 3 is 2.55 bits per heavy atom. The molecule has 5 heteroatoms. The molecule has 0 saturated heterocycles. The van der Waals surface area contributed by atoms with E-state index in [0.29, 0.717) is 18.9 Å². The van der Waals surface area contributed by atoms with E-state index < -0.39 is 5.92 Å². The molecule has 20 heavy (non-hydrogen) atoms. The Kier molecular flexibility index (Phi) is 4.50. The molecule has 1 aromatic heterocycles. The molecule has 0 radical (unpaired) electrons. The van der Waals surface area contributed by atoms with Crippen LogP contribution >= 0.6 is 0 Å². The first-order chi connectivity index (χ1) is 9.63. The van der Waals surface area contributed by atoms with E-state index in [1.54, 1.807) is 6.92 Å². The highest BCUT2D eigenvalue weighted by Gasteiger charge is 2.27. The molecule has 0 aliphatic carbocycles. The summed E-state index contributed by atoms with van der Waals surface area (Å²) in [6.07, 6.45) is 0.561. The number of nitrogens with zero attached hydrogens (tertiary/aromatic N) is 3. The second-order valence-corrected chi connectivity index (χ2v) is 4.66. The van der Waals surface area contributed by atoms with Crippen molar-refractivity contribution in [2.24, 2.45) is 7.05 Å². The summed E-state index contributed by atoms with van der Waals surface area (Å²) in [5, 5.41) is 8.15. The van der Waals surface area contributed by atoms with Crippen LogP contribution < -0.4 is 0 Å². The molecular weight excluding hydrogens is 254 g/mol. The molecule has 0 spiro atoms. The quantitative estimate of drug-likeness (QED) is 0.782. The van der Waals surface area contributed by atoms with Gasteiger partial charge in [0.25, 0.3) is 0 Å². The predicted octanol–water partition coefficient (Wildman–Crippen LogP) is 2.01. The zero-order valence-electron chi connectivity index (χ0n) is 12.0. The molecule has 1 heterocycles. The number of aryl methyl sites for hydroxylation is 1. The van der Waals surface area contributed by atoms with Crippen molar-refractivity contribution in [2.75, 3.05) is 6.61 Å². The van der Waals surface area contributed by atoms with E-state index in [1.165, 1.54) is 0 Å². The lowest BCUT2D eigenvalue weighted by molar-refractivity contribution is -0.145. The van der Waals surface area contributed by atoms with E-state index >= 15 is 0 Å². The summed E-state index contributed by atoms with van der Waals surface area (Å²) in [7, 11) is 1.86. The van der Waals surface area contributed by atoms with E-state index in [1.807, 2.05) is 48.9 Å². The summed E-state index contributed by atoms with van der Waals surface area (Å²) < 4.78 is 7.01. The van der Waals surface area contributed by atoms with Crippen LogP contribution in [0.15, 0.2) is 30.3 Å². The maximum atomic E-state index is 12.2. The fourth-order valence-electron chi connectivity index (χ4n) is 2.10. The zero-order chi connectivity index (χ0) is 14.5. The number of ether oxygens (including phenoxy) is 1. The van der Waals surface area contributed by atoms with Gasteiger partial charge >= 0.3 is 5.97 Å². The molecule has 0 fully saturated rings. The average Bonchev–Trinajstić information content (AvgIpc) is 2.78. The number of hydrogen-bond donors (Lipinski definition) is 0. The minimum Gasteiger partial charge on any atom is -0.465 e. The van der Waals surface area contributed by atoms with Gasteiger partial charge in [-0.05, 0) is 25.8 Å². The lowest BCUT2D eigenvalue weighted by Crippen LogP contribution is -2.21. The summed E-state index contributed by atoms with van der Waals surface area (Å²) in [6.45, 7) is 4.03. The van der Waals surface area contributed by atoms with Crippen molar-refractivity contribution in [1.82, 2.24) is 14.8 Å². The summed E-state index contributed by atoms with van der Waals surface area (Å²) in [4.78, 5) is 12.2. The number of hydrogen-bond acceptors (Lipinski definition) is 4. The maximum absolute atomic E-state index is 12.2. The Bertz CT molecular complexity index is 578. The van der Waals surface area contributed by atoms with Gasteiger partial charge in [-0.1, -0.05) is 30.3 Å². The summed E-state index contributed by atoms with van der Waals surface area (Å²) in [5.74, 6) is 0.738. The third-order valence-corrected chi connectivity index (χ3v) is 3.29. The minimum atomic E-state index is -0.427. The van der Waals surface area contributed by atoms with Crippen molar-refractivity contribution in [3.8, 4) is 0 Å². The van der Waals surface area contributed by atoms with Gasteiger partial charge in [-0.25, -0.2) is 0 Å². The van der Waals surface area contributed by atoms with Crippen LogP contribution in [0.25, 0.3) is 0 Å². The van der Waals surface area contributed by atoms with Gasteiger partial charge < -0.3 is 9.30 Å². The van der Waals surface area contributed by atoms with Crippen LogP contribution in [-0.2, 0) is 23.0 Å². The summed E-state index contributed by atoms with van der Waals surface area (Å²) in [6, 6.07) is 9.86. The van der Waals surface area contributed by atoms with Crippen molar-refractivity contribution in [3.05, 3.63) is 47.5 Å². The molecule has 2 aromatic rings. The number of carbonyl (C=O) groups excluding carboxylic acids is 1. The van der Waals surface area contributed by atoms with Crippen LogP contribution in [0, 0.1) is 6.92 Å². The molecule has 2 rings (SSSR count). The van der Waals surface area contributed by atoms with Gasteiger partial charge in [-0.15, -0.1) is 10.2 Å². The lowest BCUT2D eigenvalue weighted by atomic mass is 9.98. The van der Waals surface area contributed by atoms with E-state index in [9.17, 15) is 4.79 Å². The van der Waals surface area contributed by atoms with Crippen LogP contribution in [0.4, 0.5) is 0 Å². The van der Waals surface area contributed by atoms with Crippen LogP contribution in [-0.4, -0.2) is 27.3 Å². The van der Waals surface area contributed by atoms with Gasteiger partial charge in [-0.2, -0.15) is 0 Å². The fraction of sp³-hybridized carbons (Fsp3) is 0.400. The molecule has 0 N–H and O–H groups in total. The highest BCUT2D eigenvalue weighted by Crippen LogP contribution is 2.21. The molecule has 0 bridgehead atoms. The number of rotatable bonds is 5. The average molecular weight is 273 g/mol. The van der Waals surface area contributed by atoms with E-state index in [2.05, 4.69) is 10.2 Å². The highest BCUT2D eigenvalue weighted by atomic mass is 16.5. The maximum Gasteiger partial charge on any atom is 0.317 e. The third kappa shape index (κ3) is 3.04. The topological polar surface area (TPSA) is 57.0 Å². The van der Waals surface area contributed by atoms with Crippen molar-refractivity contribution in [3.63, 3.8) is 0 Å². The Morgan fingerprint density at radius 2 is 2.00 bits per heavy atom. The molecule has 0 aliphatic rings. The number of benzene rings is 1. The van der Waals surface area contributed by atoms with E-state index in [0.717, 1.165) is 11.4 Å². The Labute approximate surface area is 118 Å². The smallest absolute Gasteiger partial charge is 0.317 e. The van der Waals surface area contributed by atoms with Gasteiger partial charge in [0.15, 0.2) is 0 Å². The van der Waals surface area contributed by atoms with Crippen LogP contribution in [0.5, 0.6) is 0 Å². The normalized spacial score (nSPS) is 12.2. The molecular formula is C15H19N3O2. The second-order valence-electron chi connectivity index (χ2n) is 4.66. The van der Waals surface area contributed by atoms with Gasteiger partial charge in [-0.3, -0.25) is 4.79 Å². The van der Waals surface area contributed by atoms with Crippen LogP contribution in [0.1, 0.15) is 30.1 Å². The Morgan fingerprint density at radius 1 is 1.30 bits per heavy atom. The van der Waals surface area contributed by atoms with Crippen LogP contribution in [0.2, 0.25) is 0 Å². The van der Waals surface area contributed by atoms with Gasteiger partial charge in [0, 0.05) is 7.05 Å². The van der Waals surface area contributed by atoms with E-state index in [4.69, 9.17) is 4.74 Å². The summed E-state index contributed by atoms with van der Waals surface area (Å²) in [5.41, 5.74) is 1.08. The number of aromatic nitrogens is 3. The number of carbonyl (C=O) groups is 1. The standard InChI is InChI=1S/C15H19N3O2/c1-4-20-15(19)13(10-12-8-6-5-7-9-12)14-17-16-11(2)18(14)3/h5-9,13H,4,10H2,1-3H3. The van der Waals surface area contributed by atoms with Gasteiger partial charge in [0.1, 0.15) is 17.6 Å². The Balaban J connectivity index is 2.30. The first-order valence-corrected chi connectivity index (χ1v) is 6.70. The third-order valence-electron chi connectivity index (χ3n) is 3.29. The predicted molar refractivity (Wildman–Crippen MR) is 75.3 cm³/mol. The van der Waals surface area contributed by atoms with Crippen molar-refractivity contribution < 1.29 is 9.53 Å². The highest BCUT2D eigenvalue weighted by molar-refractivity contribution is 5.77. The molecule has 0 aliphatic heterocycles. The first kappa shape index (κ1) is 14.2. The minimum absolute atomic E-state index is 0.258. The first-order valence-electron chi connectivity index (χ1n) is 6.70. The molecule has 5 nitrogen and oxygen atoms in total. The van der Waals surface area contributed by atoms with Crippen LogP contribution in [0.3, 0.4) is 0 Å². The second kappa shape index (κ2) is 6.32. The lowest BCUT2D eigenvalue weighted by Gasteiger charge is -2.15. The molecule has 106 valence electrons. The fourth-order valence-corrected chi connectivity index (χ4v) is 2.10. The van der Waals surface area contributed by atoms with Crippen molar-refractivity contribution in [1.29, 1.82) is 0 Å². The molecule has 0 amide bonds. The molecule has 1 unspecified atom stereocenters. The summed E-state index contributed by atoms with van der Waals surface area (Å²) >= 11 is 0. The largest absolute Gasteiger partial charge is 0.465 e. The monoisotopic (exact) mass is 273 g/mol. The van der Waals surface area contributed by atoms with E-state index in [-0.39, 0.29) is 5.97 Å². The number of esters is 1. The van der Waals surface area contributed by atoms with Crippen molar-refractivity contribution >= 4 is 5.97 Å². The molecule has 0 saturated carbocycles. The molecule has 1 atom stereocenters. The van der Waals surface area contributed by atoms with Gasteiger partial charge in [0.05, 0.1) is 6.61 Å². The zero-order valence-corrected chi connectivity index (χ0v) is 12.0. The Hall–Kier alpha value is -2.17.